The number of hydrogen-bond acceptors (Lipinski definition) is 12. The van der Waals surface area contributed by atoms with Gasteiger partial charge in [-0.1, -0.05) is 69.3 Å². The molecule has 6 aromatic rings. The van der Waals surface area contributed by atoms with Crippen LogP contribution >= 0.6 is 22.7 Å². The average Bonchev–Trinajstić information content (AvgIpc) is 4.03. The van der Waals surface area contributed by atoms with Gasteiger partial charge >= 0.3 is 0 Å². The Hall–Kier alpha value is -5.58. The van der Waals surface area contributed by atoms with Crippen molar-refractivity contribution in [2.24, 2.45) is 5.41 Å². The normalized spacial score (nSPS) is 15.6. The lowest BCUT2D eigenvalue weighted by molar-refractivity contribution is -0.144. The number of aryl methyl sites for hydroxylation is 3. The molecule has 3 atom stereocenters. The van der Waals surface area contributed by atoms with Crippen LogP contribution in [0.25, 0.3) is 42.4 Å². The van der Waals surface area contributed by atoms with E-state index in [1.807, 2.05) is 88.7 Å². The number of aromatic nitrogens is 3. The predicted octanol–water partition coefficient (Wildman–Crippen LogP) is 7.61. The van der Waals surface area contributed by atoms with Gasteiger partial charge in [0.2, 0.25) is 17.7 Å². The molecule has 15 heteroatoms. The van der Waals surface area contributed by atoms with Crippen LogP contribution in [0.2, 0.25) is 0 Å². The van der Waals surface area contributed by atoms with Gasteiger partial charge in [-0.3, -0.25) is 14.4 Å². The molecule has 4 heterocycles. The zero-order valence-corrected chi connectivity index (χ0v) is 39.9. The van der Waals surface area contributed by atoms with Crippen molar-refractivity contribution in [2.75, 3.05) is 52.0 Å². The molecule has 13 nitrogen and oxygen atoms in total. The van der Waals surface area contributed by atoms with E-state index in [0.29, 0.717) is 13.2 Å². The number of pyridine rings is 1. The lowest BCUT2D eigenvalue weighted by Gasteiger charge is -2.35. The zero-order chi connectivity index (χ0) is 46.3. The molecule has 0 radical (unpaired) electrons. The molecule has 1 aliphatic rings. The van der Waals surface area contributed by atoms with Crippen LogP contribution in [0.15, 0.2) is 84.5 Å². The van der Waals surface area contributed by atoms with E-state index in [-0.39, 0.29) is 38.6 Å². The maximum absolute atomic E-state index is 14.0. The monoisotopic (exact) mass is 917 g/mol. The first-order valence-corrected chi connectivity index (χ1v) is 23.7. The van der Waals surface area contributed by atoms with E-state index in [1.165, 1.54) is 10.5 Å². The molecule has 3 aromatic heterocycles. The fourth-order valence-electron chi connectivity index (χ4n) is 7.89. The quantitative estimate of drug-likeness (QED) is 0.0734. The predicted molar refractivity (Wildman–Crippen MR) is 259 cm³/mol. The van der Waals surface area contributed by atoms with Gasteiger partial charge < -0.3 is 35.0 Å². The highest BCUT2D eigenvalue weighted by Crippen LogP contribution is 2.35. The Morgan fingerprint density at radius 3 is 2.34 bits per heavy atom. The van der Waals surface area contributed by atoms with E-state index in [0.717, 1.165) is 77.8 Å². The van der Waals surface area contributed by atoms with Gasteiger partial charge in [0.25, 0.3) is 0 Å². The summed E-state index contributed by atoms with van der Waals surface area (Å²) in [5.74, 6) is -0.308. The first-order valence-electron chi connectivity index (χ1n) is 22.0. The number of carbonyl (C=O) groups excluding carboxylic acids is 3. The molecule has 3 aromatic carbocycles. The van der Waals surface area contributed by atoms with Crippen molar-refractivity contribution in [1.29, 1.82) is 0 Å². The molecule has 0 aliphatic carbocycles. The zero-order valence-electron chi connectivity index (χ0n) is 38.2. The molecule has 7 rings (SSSR count). The summed E-state index contributed by atoms with van der Waals surface area (Å²) < 4.78 is 12.6. The van der Waals surface area contributed by atoms with Crippen LogP contribution in [-0.2, 0) is 36.8 Å². The number of rotatable bonds is 18. The summed E-state index contributed by atoms with van der Waals surface area (Å²) in [5.41, 5.74) is 10.8. The molecule has 1 aliphatic heterocycles. The fourth-order valence-corrected chi connectivity index (χ4v) is 9.82. The lowest BCUT2D eigenvalue weighted by atomic mass is 9.85. The number of thiazole rings is 2. The second-order valence-corrected chi connectivity index (χ2v) is 19.7. The minimum atomic E-state index is -0.945. The number of nitrogens with zero attached hydrogens (tertiary/aromatic N) is 5. The topological polar surface area (TPSA) is 159 Å². The number of ether oxygens (including phenoxy) is 2. The Morgan fingerprint density at radius 2 is 1.65 bits per heavy atom. The number of aliphatic hydroxyl groups excluding tert-OH is 1. The van der Waals surface area contributed by atoms with Crippen molar-refractivity contribution >= 4 is 56.4 Å². The van der Waals surface area contributed by atoms with Gasteiger partial charge in [0, 0.05) is 57.5 Å². The highest BCUT2D eigenvalue weighted by molar-refractivity contribution is 7.21. The van der Waals surface area contributed by atoms with Gasteiger partial charge in [0.15, 0.2) is 0 Å². The summed E-state index contributed by atoms with van der Waals surface area (Å²) in [6.45, 7) is 10.7. The number of nitrogens with one attached hydrogen (secondary N) is 2. The van der Waals surface area contributed by atoms with E-state index in [9.17, 15) is 19.5 Å². The van der Waals surface area contributed by atoms with E-state index >= 15 is 0 Å². The Labute approximate surface area is 389 Å². The van der Waals surface area contributed by atoms with Crippen LogP contribution in [0, 0.1) is 19.3 Å². The molecule has 342 valence electrons. The Morgan fingerprint density at radius 1 is 0.908 bits per heavy atom. The van der Waals surface area contributed by atoms with Crippen molar-refractivity contribution in [2.45, 2.75) is 78.6 Å². The van der Waals surface area contributed by atoms with E-state index < -0.39 is 35.4 Å². The largest absolute Gasteiger partial charge is 0.391 e. The number of likely N-dealkylation sites (tertiary alicyclic amines) is 1. The van der Waals surface area contributed by atoms with Crippen LogP contribution in [-0.4, -0.2) is 108 Å². The number of hydrogen-bond donors (Lipinski definition) is 3. The van der Waals surface area contributed by atoms with Crippen molar-refractivity contribution in [3.05, 3.63) is 107 Å². The average molecular weight is 918 g/mol. The molecule has 1 saturated heterocycles. The highest BCUT2D eigenvalue weighted by atomic mass is 32.1. The number of anilines is 1. The number of β-amino-alcohol motifs (C(OH)–C–C–N with tert-alkyl or cyclic N) is 1. The molecule has 0 bridgehead atoms. The summed E-state index contributed by atoms with van der Waals surface area (Å²) in [6, 6.07) is 23.1. The number of amides is 3. The molecule has 1 fully saturated rings. The summed E-state index contributed by atoms with van der Waals surface area (Å²) >= 11 is 3.28. The first kappa shape index (κ1) is 47.4. The van der Waals surface area contributed by atoms with Crippen molar-refractivity contribution in [1.82, 2.24) is 30.5 Å². The molecule has 0 spiro atoms. The lowest BCUT2D eigenvalue weighted by Crippen LogP contribution is -2.58. The molecular formula is C50H59N7O6S2. The summed E-state index contributed by atoms with van der Waals surface area (Å²) in [7, 11) is 3.97. The van der Waals surface area contributed by atoms with Gasteiger partial charge in [0.05, 0.1) is 45.6 Å². The van der Waals surface area contributed by atoms with Crippen molar-refractivity contribution in [3.63, 3.8) is 0 Å². The van der Waals surface area contributed by atoms with Gasteiger partial charge in [-0.15, -0.1) is 22.7 Å². The van der Waals surface area contributed by atoms with E-state index in [2.05, 4.69) is 70.0 Å². The SMILES string of the molecule is Cc1cc(-c2ccc(N(C)C)nc2)ccc1-c1nc2ccc(CCCOCCOCC(=O)N[C@H](C(=O)N3C[C@H](O)C[C@H]3C(=O)NCc3ccc(-c4scnc4C)cc3)C(C)(C)C)cc2s1. The van der Waals surface area contributed by atoms with Gasteiger partial charge in [0.1, 0.15) is 29.5 Å². The number of carbonyl (C=O) groups is 3. The maximum atomic E-state index is 14.0. The summed E-state index contributed by atoms with van der Waals surface area (Å²) in [6.07, 6.45) is 2.84. The van der Waals surface area contributed by atoms with Crippen LogP contribution in [0.3, 0.4) is 0 Å². The molecule has 65 heavy (non-hydrogen) atoms. The second-order valence-electron chi connectivity index (χ2n) is 17.9. The maximum Gasteiger partial charge on any atom is 0.246 e. The van der Waals surface area contributed by atoms with Crippen molar-refractivity contribution < 1.29 is 29.0 Å². The molecular weight excluding hydrogens is 859 g/mol. The third-order valence-electron chi connectivity index (χ3n) is 11.5. The van der Waals surface area contributed by atoms with Crippen molar-refractivity contribution in [3.8, 4) is 32.1 Å². The second kappa shape index (κ2) is 21.2. The van der Waals surface area contributed by atoms with Gasteiger partial charge in [-0.05, 0) is 84.2 Å². The van der Waals surface area contributed by atoms with E-state index in [4.69, 9.17) is 14.5 Å². The fraction of sp³-hybridized carbons (Fsp3) is 0.400. The minimum Gasteiger partial charge on any atom is -0.391 e. The number of aliphatic hydroxyl groups is 1. The summed E-state index contributed by atoms with van der Waals surface area (Å²) in [4.78, 5) is 58.8. The highest BCUT2D eigenvalue weighted by Gasteiger charge is 2.44. The van der Waals surface area contributed by atoms with E-state index in [1.54, 1.807) is 22.7 Å². The Balaban J connectivity index is 0.823. The van der Waals surface area contributed by atoms with Crippen LogP contribution in [0.1, 0.15) is 56.0 Å². The number of fused-ring (bicyclic) bond motifs is 1. The Bertz CT molecular complexity index is 2590. The first-order chi connectivity index (χ1) is 31.1. The molecule has 3 N–H and O–H groups in total. The molecule has 3 amide bonds. The van der Waals surface area contributed by atoms with Crippen LogP contribution in [0.4, 0.5) is 5.82 Å². The van der Waals surface area contributed by atoms with Crippen LogP contribution in [0.5, 0.6) is 0 Å². The Kier molecular flexibility index (Phi) is 15.4. The van der Waals surface area contributed by atoms with Gasteiger partial charge in [-0.25, -0.2) is 15.0 Å². The summed E-state index contributed by atoms with van der Waals surface area (Å²) in [5, 5.41) is 17.3. The number of benzene rings is 3. The minimum absolute atomic E-state index is 0.00144. The third-order valence-corrected chi connectivity index (χ3v) is 13.5. The standard InChI is InChI=1S/C50H59N7O6S2/c1-31-23-36(37-16-19-43(51-27-37)56(6)7)15-17-39(31)48-54-40-18-12-33(24-42(40)65-48)9-8-20-62-21-22-63-29-44(59)55-46(50(3,4)5)49(61)57-28-38(58)25-41(57)47(60)52-26-34-10-13-35(14-11-34)45-32(2)53-30-64-45/h10-19,23-24,27,30,38,41,46,58H,8-9,20-22,25-26,28-29H2,1-7H3,(H,52,60)(H,55,59)/t38-,41+,46-/m1/s1. The van der Waals surface area contributed by atoms with Gasteiger partial charge in [-0.2, -0.15) is 0 Å². The molecule has 0 unspecified atom stereocenters. The smallest absolute Gasteiger partial charge is 0.246 e. The molecule has 0 saturated carbocycles. The van der Waals surface area contributed by atoms with Crippen LogP contribution < -0.4 is 15.5 Å². The third kappa shape index (κ3) is 12.0.